The van der Waals surface area contributed by atoms with Crippen LogP contribution in [-0.2, 0) is 12.8 Å². The van der Waals surface area contributed by atoms with Crippen LogP contribution in [0.2, 0.25) is 0 Å². The number of aryl methyl sites for hydroxylation is 2. The van der Waals surface area contributed by atoms with Gasteiger partial charge in [0.1, 0.15) is 11.5 Å². The Morgan fingerprint density at radius 2 is 1.33 bits per heavy atom. The van der Waals surface area contributed by atoms with Gasteiger partial charge in [0.15, 0.2) is 0 Å². The largest absolute Gasteiger partial charge is 0.457 e. The summed E-state index contributed by atoms with van der Waals surface area (Å²) in [6.07, 6.45) is 19.1. The Kier molecular flexibility index (Phi) is 12.0. The second-order valence-electron chi connectivity index (χ2n) is 8.50. The van der Waals surface area contributed by atoms with Gasteiger partial charge in [-0.05, 0) is 60.2 Å². The Hall–Kier alpha value is -2.02. The molecule has 1 nitrogen and oxygen atoms in total. The van der Waals surface area contributed by atoms with Gasteiger partial charge in [-0.3, -0.25) is 0 Å². The highest BCUT2D eigenvalue weighted by Crippen LogP contribution is 2.28. The van der Waals surface area contributed by atoms with Crippen molar-refractivity contribution in [3.63, 3.8) is 0 Å². The number of ether oxygens (including phenoxy) is 1. The van der Waals surface area contributed by atoms with E-state index in [2.05, 4.69) is 62.9 Å². The fourth-order valence-corrected chi connectivity index (χ4v) is 3.96. The quantitative estimate of drug-likeness (QED) is 0.252. The number of benzene rings is 2. The lowest BCUT2D eigenvalue weighted by Gasteiger charge is -2.12. The van der Waals surface area contributed by atoms with Crippen molar-refractivity contribution in [2.45, 2.75) is 97.3 Å². The molecule has 0 amide bonds. The standard InChI is InChI=1S/C29H42O/c1-4-7-8-9-10-11-12-13-14-15-17-26-18-21-28(22-19-26)30-29-23-20-25(6-3)24-27(29)16-5-2/h6,18-24H,3-5,7-17H2,1-2H3. The van der Waals surface area contributed by atoms with Crippen LogP contribution in [0.1, 0.15) is 101 Å². The topological polar surface area (TPSA) is 9.23 Å². The van der Waals surface area contributed by atoms with Crippen LogP contribution >= 0.6 is 0 Å². The molecule has 0 bridgehead atoms. The summed E-state index contributed by atoms with van der Waals surface area (Å²) in [5, 5.41) is 0. The Morgan fingerprint density at radius 1 is 0.700 bits per heavy atom. The molecule has 0 unspecified atom stereocenters. The average molecular weight is 407 g/mol. The van der Waals surface area contributed by atoms with Gasteiger partial charge in [0, 0.05) is 0 Å². The first-order chi connectivity index (χ1) is 14.8. The van der Waals surface area contributed by atoms with Gasteiger partial charge in [-0.1, -0.05) is 109 Å². The van der Waals surface area contributed by atoms with E-state index in [0.717, 1.165) is 29.9 Å². The molecule has 30 heavy (non-hydrogen) atoms. The van der Waals surface area contributed by atoms with Crippen molar-refractivity contribution in [3.8, 4) is 11.5 Å². The highest BCUT2D eigenvalue weighted by molar-refractivity contribution is 5.52. The first-order valence-corrected chi connectivity index (χ1v) is 12.3. The van der Waals surface area contributed by atoms with Gasteiger partial charge in [0.25, 0.3) is 0 Å². The molecule has 0 saturated heterocycles. The third-order valence-electron chi connectivity index (χ3n) is 5.81. The van der Waals surface area contributed by atoms with Crippen molar-refractivity contribution in [1.29, 1.82) is 0 Å². The molecule has 0 radical (unpaired) electrons. The van der Waals surface area contributed by atoms with Crippen LogP contribution in [0, 0.1) is 0 Å². The lowest BCUT2D eigenvalue weighted by atomic mass is 10.0. The van der Waals surface area contributed by atoms with Gasteiger partial charge in [-0.15, -0.1) is 0 Å². The van der Waals surface area contributed by atoms with Crippen LogP contribution < -0.4 is 4.74 Å². The molecule has 2 rings (SSSR count). The van der Waals surface area contributed by atoms with Gasteiger partial charge >= 0.3 is 0 Å². The highest BCUT2D eigenvalue weighted by Gasteiger charge is 2.06. The van der Waals surface area contributed by atoms with Gasteiger partial charge in [-0.2, -0.15) is 0 Å². The molecule has 0 aliphatic heterocycles. The molecular formula is C29H42O. The number of hydrogen-bond donors (Lipinski definition) is 0. The van der Waals surface area contributed by atoms with E-state index < -0.39 is 0 Å². The molecule has 0 N–H and O–H groups in total. The van der Waals surface area contributed by atoms with E-state index in [4.69, 9.17) is 4.74 Å². The Bertz CT molecular complexity index is 714. The second kappa shape index (κ2) is 14.9. The summed E-state index contributed by atoms with van der Waals surface area (Å²) in [5.74, 6) is 1.88. The molecule has 0 heterocycles. The van der Waals surface area contributed by atoms with Crippen LogP contribution in [0.4, 0.5) is 0 Å². The molecule has 2 aromatic rings. The van der Waals surface area contributed by atoms with E-state index in [1.54, 1.807) is 0 Å². The Balaban J connectivity index is 1.70. The van der Waals surface area contributed by atoms with E-state index >= 15 is 0 Å². The van der Waals surface area contributed by atoms with Gasteiger partial charge in [0.05, 0.1) is 0 Å². The minimum absolute atomic E-state index is 0.922. The van der Waals surface area contributed by atoms with E-state index in [9.17, 15) is 0 Å². The van der Waals surface area contributed by atoms with Crippen molar-refractivity contribution < 1.29 is 4.74 Å². The molecule has 164 valence electrons. The third kappa shape index (κ3) is 9.20. The van der Waals surface area contributed by atoms with Crippen LogP contribution in [0.25, 0.3) is 6.08 Å². The lowest BCUT2D eigenvalue weighted by Crippen LogP contribution is -1.93. The summed E-state index contributed by atoms with van der Waals surface area (Å²) in [6, 6.07) is 15.0. The van der Waals surface area contributed by atoms with E-state index in [1.807, 2.05) is 6.08 Å². The zero-order chi connectivity index (χ0) is 21.4. The molecule has 0 spiro atoms. The summed E-state index contributed by atoms with van der Waals surface area (Å²) in [5.41, 5.74) is 3.82. The summed E-state index contributed by atoms with van der Waals surface area (Å²) < 4.78 is 6.19. The molecule has 0 aliphatic carbocycles. The van der Waals surface area contributed by atoms with Gasteiger partial charge in [-0.25, -0.2) is 0 Å². The van der Waals surface area contributed by atoms with Crippen molar-refractivity contribution in [2.24, 2.45) is 0 Å². The van der Waals surface area contributed by atoms with Crippen LogP contribution in [-0.4, -0.2) is 0 Å². The molecule has 0 atom stereocenters. The Morgan fingerprint density at radius 3 is 1.93 bits per heavy atom. The normalized spacial score (nSPS) is 10.9. The van der Waals surface area contributed by atoms with Gasteiger partial charge < -0.3 is 4.74 Å². The maximum absolute atomic E-state index is 6.19. The summed E-state index contributed by atoms with van der Waals surface area (Å²) >= 11 is 0. The fourth-order valence-electron chi connectivity index (χ4n) is 3.96. The molecule has 1 heteroatoms. The second-order valence-corrected chi connectivity index (χ2v) is 8.50. The average Bonchev–Trinajstić information content (AvgIpc) is 2.77. The maximum Gasteiger partial charge on any atom is 0.130 e. The first-order valence-electron chi connectivity index (χ1n) is 12.3. The molecule has 0 aromatic heterocycles. The minimum Gasteiger partial charge on any atom is -0.457 e. The summed E-state index contributed by atoms with van der Waals surface area (Å²) in [6.45, 7) is 8.36. The molecule has 2 aromatic carbocycles. The van der Waals surface area contributed by atoms with Gasteiger partial charge in [0.2, 0.25) is 0 Å². The minimum atomic E-state index is 0.922. The molecule has 0 aliphatic rings. The number of unbranched alkanes of at least 4 members (excludes halogenated alkanes) is 9. The predicted molar refractivity (Wildman–Crippen MR) is 133 cm³/mol. The highest BCUT2D eigenvalue weighted by atomic mass is 16.5. The third-order valence-corrected chi connectivity index (χ3v) is 5.81. The van der Waals surface area contributed by atoms with Crippen molar-refractivity contribution in [1.82, 2.24) is 0 Å². The first kappa shape index (κ1) is 24.3. The fraction of sp³-hybridized carbons (Fsp3) is 0.517. The lowest BCUT2D eigenvalue weighted by molar-refractivity contribution is 0.475. The van der Waals surface area contributed by atoms with Crippen LogP contribution in [0.3, 0.4) is 0 Å². The van der Waals surface area contributed by atoms with Crippen LogP contribution in [0.15, 0.2) is 49.0 Å². The van der Waals surface area contributed by atoms with Crippen LogP contribution in [0.5, 0.6) is 11.5 Å². The summed E-state index contributed by atoms with van der Waals surface area (Å²) in [4.78, 5) is 0. The number of hydrogen-bond acceptors (Lipinski definition) is 1. The maximum atomic E-state index is 6.19. The molecule has 0 fully saturated rings. The summed E-state index contributed by atoms with van der Waals surface area (Å²) in [7, 11) is 0. The number of rotatable bonds is 16. The van der Waals surface area contributed by atoms with Crippen molar-refractivity contribution in [2.75, 3.05) is 0 Å². The monoisotopic (exact) mass is 406 g/mol. The Labute approximate surface area is 185 Å². The zero-order valence-electron chi connectivity index (χ0n) is 19.4. The van der Waals surface area contributed by atoms with E-state index in [1.165, 1.54) is 81.8 Å². The van der Waals surface area contributed by atoms with E-state index in [0.29, 0.717) is 0 Å². The SMILES string of the molecule is C=Cc1ccc(Oc2ccc(CCCCCCCCCCCC)cc2)c(CCC)c1. The van der Waals surface area contributed by atoms with E-state index in [-0.39, 0.29) is 0 Å². The predicted octanol–water partition coefficient (Wildman–Crippen LogP) is 9.54. The molecule has 0 saturated carbocycles. The zero-order valence-corrected chi connectivity index (χ0v) is 19.4. The molecular weight excluding hydrogens is 364 g/mol. The van der Waals surface area contributed by atoms with Crippen molar-refractivity contribution >= 4 is 6.08 Å². The van der Waals surface area contributed by atoms with Crippen molar-refractivity contribution in [3.05, 3.63) is 65.7 Å². The smallest absolute Gasteiger partial charge is 0.130 e.